The Labute approximate surface area is 204 Å². The number of fused-ring (bicyclic) bond motifs is 1. The Hall–Kier alpha value is -2.92. The zero-order chi connectivity index (χ0) is 24.3. The van der Waals surface area contributed by atoms with E-state index in [1.807, 2.05) is 35.2 Å². The van der Waals surface area contributed by atoms with Crippen molar-refractivity contribution in [1.82, 2.24) is 14.3 Å². The number of rotatable bonds is 7. The summed E-state index contributed by atoms with van der Waals surface area (Å²) in [6.45, 7) is 2.17. The van der Waals surface area contributed by atoms with Gasteiger partial charge >= 0.3 is 0 Å². The summed E-state index contributed by atoms with van der Waals surface area (Å²) in [5.41, 5.74) is 0.377. The maximum absolute atomic E-state index is 13.2. The number of benzene rings is 2. The van der Waals surface area contributed by atoms with Crippen LogP contribution in [0.2, 0.25) is 0 Å². The fraction of sp³-hybridized carbons (Fsp3) is 0.400. The Morgan fingerprint density at radius 2 is 1.74 bits per heavy atom. The Morgan fingerprint density at radius 1 is 1.00 bits per heavy atom. The highest BCUT2D eigenvalue weighted by atomic mass is 32.2. The van der Waals surface area contributed by atoms with Crippen molar-refractivity contribution in [2.45, 2.75) is 30.4 Å². The first-order chi connectivity index (χ1) is 17.0. The van der Waals surface area contributed by atoms with Gasteiger partial charge in [0.15, 0.2) is 12.1 Å². The molecule has 9 nitrogen and oxygen atoms in total. The van der Waals surface area contributed by atoms with E-state index in [2.05, 4.69) is 9.97 Å². The first-order valence-corrected chi connectivity index (χ1v) is 13.3. The summed E-state index contributed by atoms with van der Waals surface area (Å²) in [5.74, 6) is 0.276. The van der Waals surface area contributed by atoms with Crippen molar-refractivity contribution in [3.63, 3.8) is 0 Å². The van der Waals surface area contributed by atoms with Crippen molar-refractivity contribution in [2.24, 2.45) is 0 Å². The van der Waals surface area contributed by atoms with E-state index in [1.165, 1.54) is 16.7 Å². The van der Waals surface area contributed by atoms with E-state index in [4.69, 9.17) is 9.47 Å². The Morgan fingerprint density at radius 3 is 2.46 bits per heavy atom. The second-order valence-corrected chi connectivity index (χ2v) is 10.6. The lowest BCUT2D eigenvalue weighted by atomic mass is 10.1. The maximum atomic E-state index is 13.2. The van der Waals surface area contributed by atoms with Gasteiger partial charge in [0.1, 0.15) is 6.61 Å². The van der Waals surface area contributed by atoms with Gasteiger partial charge in [-0.3, -0.25) is 4.79 Å². The van der Waals surface area contributed by atoms with Crippen LogP contribution in [0, 0.1) is 0 Å². The van der Waals surface area contributed by atoms with Crippen LogP contribution in [-0.4, -0.2) is 74.2 Å². The zero-order valence-electron chi connectivity index (χ0n) is 19.4. The predicted octanol–water partition coefficient (Wildman–Crippen LogP) is 2.87. The van der Waals surface area contributed by atoms with Crippen LogP contribution in [0.4, 0.5) is 5.95 Å². The van der Waals surface area contributed by atoms with Gasteiger partial charge in [-0.05, 0) is 42.2 Å². The molecular weight excluding hydrogens is 468 g/mol. The number of ether oxygens (including phenoxy) is 2. The second-order valence-electron chi connectivity index (χ2n) is 8.70. The number of carbonyl (C=O) groups is 1. The summed E-state index contributed by atoms with van der Waals surface area (Å²) in [7, 11) is -3.60. The molecular formula is C25H28N4O5S. The molecule has 1 atom stereocenters. The number of hydrogen-bond donors (Lipinski definition) is 0. The molecule has 2 aromatic carbocycles. The van der Waals surface area contributed by atoms with Crippen molar-refractivity contribution in [3.8, 4) is 0 Å². The number of hydrogen-bond acceptors (Lipinski definition) is 8. The molecule has 0 aliphatic carbocycles. The summed E-state index contributed by atoms with van der Waals surface area (Å²) in [6.07, 6.45) is 5.52. The largest absolute Gasteiger partial charge is 0.353 e. The Balaban J connectivity index is 1.17. The Kier molecular flexibility index (Phi) is 7.05. The van der Waals surface area contributed by atoms with Crippen LogP contribution >= 0.6 is 0 Å². The normalized spacial score (nSPS) is 19.7. The van der Waals surface area contributed by atoms with Crippen molar-refractivity contribution >= 4 is 32.5 Å². The number of sulfonamides is 1. The third kappa shape index (κ3) is 5.35. The summed E-state index contributed by atoms with van der Waals surface area (Å²) in [6, 6.07) is 12.9. The van der Waals surface area contributed by atoms with Crippen molar-refractivity contribution < 1.29 is 22.7 Å². The molecule has 0 saturated carbocycles. The SMILES string of the molecule is O=C(COC1CCCCO1)c1cnc(N2CCN(S(=O)(=O)c3ccc4ccccc4c3)CC2)nc1. The number of aromatic nitrogens is 2. The molecule has 2 fully saturated rings. The lowest BCUT2D eigenvalue weighted by molar-refractivity contribution is -0.155. The Bertz CT molecular complexity index is 1280. The molecule has 184 valence electrons. The number of Topliss-reactive ketones (excluding diaryl/α,β-unsaturated/α-hetero) is 1. The van der Waals surface area contributed by atoms with Crippen LogP contribution in [0.5, 0.6) is 0 Å². The van der Waals surface area contributed by atoms with E-state index >= 15 is 0 Å². The third-order valence-electron chi connectivity index (χ3n) is 6.38. The van der Waals surface area contributed by atoms with Gasteiger partial charge in [-0.2, -0.15) is 4.31 Å². The van der Waals surface area contributed by atoms with Gasteiger partial charge in [0.05, 0.1) is 10.5 Å². The van der Waals surface area contributed by atoms with Crippen LogP contribution in [0.1, 0.15) is 29.6 Å². The van der Waals surface area contributed by atoms with Gasteiger partial charge in [0.25, 0.3) is 0 Å². The van der Waals surface area contributed by atoms with Crippen LogP contribution in [0.25, 0.3) is 10.8 Å². The lowest BCUT2D eigenvalue weighted by Crippen LogP contribution is -2.49. The van der Waals surface area contributed by atoms with Crippen LogP contribution in [0.3, 0.4) is 0 Å². The van der Waals surface area contributed by atoms with Gasteiger partial charge in [0.2, 0.25) is 16.0 Å². The first kappa shape index (κ1) is 23.8. The van der Waals surface area contributed by atoms with E-state index in [9.17, 15) is 13.2 Å². The van der Waals surface area contributed by atoms with Gasteiger partial charge in [0, 0.05) is 45.2 Å². The molecule has 5 rings (SSSR count). The summed E-state index contributed by atoms with van der Waals surface area (Å²) in [5, 5.41) is 1.90. The summed E-state index contributed by atoms with van der Waals surface area (Å²) < 4.78 is 38.9. The van der Waals surface area contributed by atoms with Gasteiger partial charge in [-0.1, -0.05) is 30.3 Å². The van der Waals surface area contributed by atoms with Crippen LogP contribution < -0.4 is 4.90 Å². The molecule has 0 spiro atoms. The van der Waals surface area contributed by atoms with Gasteiger partial charge in [-0.15, -0.1) is 0 Å². The third-order valence-corrected chi connectivity index (χ3v) is 8.27. The number of ketones is 1. The van der Waals surface area contributed by atoms with Crippen molar-refractivity contribution in [2.75, 3.05) is 44.3 Å². The molecule has 0 N–H and O–H groups in total. The minimum Gasteiger partial charge on any atom is -0.353 e. The number of piperazine rings is 1. The fourth-order valence-corrected chi connectivity index (χ4v) is 5.79. The first-order valence-electron chi connectivity index (χ1n) is 11.8. The molecule has 2 aliphatic heterocycles. The zero-order valence-corrected chi connectivity index (χ0v) is 20.2. The van der Waals surface area contributed by atoms with E-state index in [0.29, 0.717) is 49.2 Å². The molecule has 1 aromatic heterocycles. The number of carbonyl (C=O) groups excluding carboxylic acids is 1. The monoisotopic (exact) mass is 496 g/mol. The molecule has 2 saturated heterocycles. The molecule has 3 heterocycles. The molecule has 0 amide bonds. The summed E-state index contributed by atoms with van der Waals surface area (Å²) in [4.78, 5) is 23.3. The van der Waals surface area contributed by atoms with Crippen molar-refractivity contribution in [3.05, 3.63) is 60.4 Å². The molecule has 10 heteroatoms. The average molecular weight is 497 g/mol. The minimum atomic E-state index is -3.60. The van der Waals surface area contributed by atoms with E-state index in [-0.39, 0.29) is 18.7 Å². The highest BCUT2D eigenvalue weighted by molar-refractivity contribution is 7.89. The van der Waals surface area contributed by atoms with E-state index < -0.39 is 10.0 Å². The van der Waals surface area contributed by atoms with Crippen LogP contribution in [-0.2, 0) is 19.5 Å². The second kappa shape index (κ2) is 10.4. The minimum absolute atomic E-state index is 0.0708. The highest BCUT2D eigenvalue weighted by Crippen LogP contribution is 2.23. The van der Waals surface area contributed by atoms with Gasteiger partial charge in [-0.25, -0.2) is 18.4 Å². The molecule has 2 aliphatic rings. The van der Waals surface area contributed by atoms with Gasteiger partial charge < -0.3 is 14.4 Å². The molecule has 0 bridgehead atoms. The average Bonchev–Trinajstić information content (AvgIpc) is 2.92. The molecule has 0 radical (unpaired) electrons. The molecule has 3 aromatic rings. The van der Waals surface area contributed by atoms with Crippen LogP contribution in [0.15, 0.2) is 59.8 Å². The fourth-order valence-electron chi connectivity index (χ4n) is 4.33. The highest BCUT2D eigenvalue weighted by Gasteiger charge is 2.29. The van der Waals surface area contributed by atoms with E-state index in [1.54, 1.807) is 12.1 Å². The quantitative estimate of drug-likeness (QED) is 0.460. The molecule has 35 heavy (non-hydrogen) atoms. The predicted molar refractivity (Wildman–Crippen MR) is 131 cm³/mol. The standard InChI is InChI=1S/C25H28N4O5S/c30-23(18-34-24-7-3-4-14-33-24)21-16-26-25(27-17-21)28-10-12-29(13-11-28)35(31,32)22-9-8-19-5-1-2-6-20(19)15-22/h1-2,5-6,8-9,15-17,24H,3-4,7,10-14,18H2. The molecule has 1 unspecified atom stereocenters. The number of anilines is 1. The maximum Gasteiger partial charge on any atom is 0.243 e. The van der Waals surface area contributed by atoms with E-state index in [0.717, 1.165) is 30.0 Å². The topological polar surface area (TPSA) is 102 Å². The van der Waals surface area contributed by atoms with Crippen molar-refractivity contribution in [1.29, 1.82) is 0 Å². The smallest absolute Gasteiger partial charge is 0.243 e. The summed E-state index contributed by atoms with van der Waals surface area (Å²) >= 11 is 0. The lowest BCUT2D eigenvalue weighted by Gasteiger charge is -2.34. The number of nitrogens with zero attached hydrogens (tertiary/aromatic N) is 4.